The predicted molar refractivity (Wildman–Crippen MR) is 270 cm³/mol. The smallest absolute Gasteiger partial charge is 0.179 e. The molecule has 2 heterocycles. The lowest BCUT2D eigenvalue weighted by Gasteiger charge is -2.34. The maximum absolute atomic E-state index is 2.79. The molecule has 0 radical (unpaired) electrons. The summed E-state index contributed by atoms with van der Waals surface area (Å²) in [6.45, 7) is 0. The van der Waals surface area contributed by atoms with Gasteiger partial charge >= 0.3 is 0 Å². The summed E-state index contributed by atoms with van der Waals surface area (Å²) in [5.41, 5.74) is 11.8. The minimum absolute atomic E-state index is 1.13. The summed E-state index contributed by atoms with van der Waals surface area (Å²) in [6.07, 6.45) is 0. The SMILES string of the molecule is c1ccc(-c2ccc(-n3c4ccccc4c4ccc(-n5c6ccc([Si](c7ccccc7)(c7ccccc7)c7ccccc7)cc6c6cccc(-c7ccccc7)c65)cc43)cc2)cc1. The molecule has 0 unspecified atom stereocenters. The van der Waals surface area contributed by atoms with E-state index in [1.807, 2.05) is 0 Å². The first-order chi connectivity index (χ1) is 31.3. The second-order valence-electron chi connectivity index (χ2n) is 16.5. The first-order valence-electron chi connectivity index (χ1n) is 21.8. The van der Waals surface area contributed by atoms with E-state index in [2.05, 4.69) is 264 Å². The molecule has 0 aliphatic carbocycles. The van der Waals surface area contributed by atoms with E-state index in [0.717, 1.165) is 11.4 Å². The molecule has 0 spiro atoms. The molecule has 3 heteroatoms. The van der Waals surface area contributed by atoms with Crippen LogP contribution in [-0.4, -0.2) is 17.2 Å². The average Bonchev–Trinajstić information content (AvgIpc) is 3.88. The van der Waals surface area contributed by atoms with Crippen molar-refractivity contribution in [3.63, 3.8) is 0 Å². The van der Waals surface area contributed by atoms with Gasteiger partial charge in [-0.25, -0.2) is 0 Å². The first-order valence-corrected chi connectivity index (χ1v) is 23.8. The summed E-state index contributed by atoms with van der Waals surface area (Å²) in [4.78, 5) is 0. The summed E-state index contributed by atoms with van der Waals surface area (Å²) in [6, 6.07) is 94.3. The van der Waals surface area contributed by atoms with E-state index in [9.17, 15) is 0 Å². The monoisotopic (exact) mass is 818 g/mol. The molecule has 296 valence electrons. The zero-order valence-corrected chi connectivity index (χ0v) is 35.6. The Hall–Kier alpha value is -7.98. The van der Waals surface area contributed by atoms with E-state index in [1.165, 1.54) is 86.6 Å². The molecule has 2 nitrogen and oxygen atoms in total. The number of para-hydroxylation sites is 2. The normalized spacial score (nSPS) is 11.8. The maximum Gasteiger partial charge on any atom is 0.179 e. The number of aromatic nitrogens is 2. The second-order valence-corrected chi connectivity index (χ2v) is 20.3. The van der Waals surface area contributed by atoms with Gasteiger partial charge in [-0.1, -0.05) is 218 Å². The summed E-state index contributed by atoms with van der Waals surface area (Å²) < 4.78 is 4.96. The quantitative estimate of drug-likeness (QED) is 0.107. The summed E-state index contributed by atoms with van der Waals surface area (Å²) in [7, 11) is -2.79. The molecule has 0 aliphatic rings. The highest BCUT2D eigenvalue weighted by atomic mass is 28.3. The van der Waals surface area contributed by atoms with E-state index < -0.39 is 8.07 Å². The third kappa shape index (κ3) is 5.93. The van der Waals surface area contributed by atoms with Crippen LogP contribution in [-0.2, 0) is 0 Å². The Balaban J connectivity index is 1.14. The third-order valence-electron chi connectivity index (χ3n) is 13.1. The van der Waals surface area contributed by atoms with E-state index in [-0.39, 0.29) is 0 Å². The zero-order chi connectivity index (χ0) is 41.7. The van der Waals surface area contributed by atoms with Crippen LogP contribution < -0.4 is 20.7 Å². The van der Waals surface area contributed by atoms with Crippen LogP contribution in [0.15, 0.2) is 255 Å². The molecule has 0 N–H and O–H groups in total. The Morgan fingerprint density at radius 3 is 1.38 bits per heavy atom. The van der Waals surface area contributed by atoms with Crippen LogP contribution in [0.1, 0.15) is 0 Å². The van der Waals surface area contributed by atoms with E-state index in [4.69, 9.17) is 0 Å². The Morgan fingerprint density at radius 2 is 0.746 bits per heavy atom. The topological polar surface area (TPSA) is 9.86 Å². The van der Waals surface area contributed by atoms with Crippen molar-refractivity contribution in [2.24, 2.45) is 0 Å². The van der Waals surface area contributed by atoms with Gasteiger partial charge in [0.05, 0.1) is 22.1 Å². The fourth-order valence-corrected chi connectivity index (χ4v) is 15.1. The van der Waals surface area contributed by atoms with Crippen LogP contribution >= 0.6 is 0 Å². The third-order valence-corrected chi connectivity index (χ3v) is 17.8. The van der Waals surface area contributed by atoms with Crippen molar-refractivity contribution >= 4 is 72.4 Å². The number of fused-ring (bicyclic) bond motifs is 6. The number of hydrogen-bond donors (Lipinski definition) is 0. The van der Waals surface area contributed by atoms with E-state index in [1.54, 1.807) is 0 Å². The van der Waals surface area contributed by atoms with Gasteiger partial charge in [0, 0.05) is 38.5 Å². The molecule has 12 rings (SSSR count). The molecular weight excluding hydrogens is 777 g/mol. The number of nitrogens with zero attached hydrogens (tertiary/aromatic N) is 2. The van der Waals surface area contributed by atoms with Crippen molar-refractivity contribution in [1.82, 2.24) is 9.13 Å². The fraction of sp³-hybridized carbons (Fsp3) is 0. The van der Waals surface area contributed by atoms with Gasteiger partial charge in [0.2, 0.25) is 0 Å². The molecule has 0 saturated carbocycles. The van der Waals surface area contributed by atoms with Gasteiger partial charge in [-0.2, -0.15) is 0 Å². The lowest BCUT2D eigenvalue weighted by Crippen LogP contribution is -2.74. The minimum Gasteiger partial charge on any atom is -0.309 e. The molecular formula is C60H42N2Si. The molecule has 0 fully saturated rings. The van der Waals surface area contributed by atoms with Crippen molar-refractivity contribution in [3.8, 4) is 33.6 Å². The summed E-state index contributed by atoms with van der Waals surface area (Å²) in [5, 5.41) is 10.4. The Labute approximate surface area is 368 Å². The van der Waals surface area contributed by atoms with Gasteiger partial charge in [0.1, 0.15) is 0 Å². The van der Waals surface area contributed by atoms with Crippen molar-refractivity contribution < 1.29 is 0 Å². The molecule has 0 amide bonds. The maximum atomic E-state index is 2.53. The molecule has 0 bridgehead atoms. The standard InChI is InChI=1S/C60H42N2Si/c1-6-19-43(20-7-1)44-33-35-46(36-34-44)61-57-32-17-16-29-53(57)54-39-37-47(41-59(54)61)62-58-40-38-51(42-56(58)55-31-18-30-52(60(55)62)45-21-8-2-9-22-45)63(48-23-10-3-11-24-48,49-25-12-4-13-26-49)50-27-14-5-15-28-50/h1-42H. The van der Waals surface area contributed by atoms with Crippen LogP contribution in [0.3, 0.4) is 0 Å². The van der Waals surface area contributed by atoms with E-state index >= 15 is 0 Å². The molecule has 10 aromatic carbocycles. The van der Waals surface area contributed by atoms with Gasteiger partial charge < -0.3 is 9.13 Å². The van der Waals surface area contributed by atoms with Crippen LogP contribution in [0.25, 0.3) is 77.2 Å². The number of hydrogen-bond acceptors (Lipinski definition) is 0. The fourth-order valence-electron chi connectivity index (χ4n) is 10.3. The summed E-state index contributed by atoms with van der Waals surface area (Å²) >= 11 is 0. The highest BCUT2D eigenvalue weighted by Gasteiger charge is 2.41. The molecule has 63 heavy (non-hydrogen) atoms. The van der Waals surface area contributed by atoms with Gasteiger partial charge in [0.15, 0.2) is 8.07 Å². The first kappa shape index (κ1) is 36.8. The lowest BCUT2D eigenvalue weighted by atomic mass is 10.0. The van der Waals surface area contributed by atoms with Crippen molar-refractivity contribution in [2.75, 3.05) is 0 Å². The van der Waals surface area contributed by atoms with Crippen molar-refractivity contribution in [1.29, 1.82) is 0 Å². The van der Waals surface area contributed by atoms with Crippen molar-refractivity contribution in [2.45, 2.75) is 0 Å². The van der Waals surface area contributed by atoms with Gasteiger partial charge in [-0.15, -0.1) is 0 Å². The van der Waals surface area contributed by atoms with E-state index in [0.29, 0.717) is 0 Å². The molecule has 0 saturated heterocycles. The van der Waals surface area contributed by atoms with Crippen molar-refractivity contribution in [3.05, 3.63) is 255 Å². The average molecular weight is 819 g/mol. The van der Waals surface area contributed by atoms with Crippen LogP contribution in [0.4, 0.5) is 0 Å². The molecule has 2 aromatic heterocycles. The molecule has 0 atom stereocenters. The zero-order valence-electron chi connectivity index (χ0n) is 34.6. The minimum atomic E-state index is -2.79. The Bertz CT molecular complexity index is 3480. The predicted octanol–water partition coefficient (Wildman–Crippen LogP) is 12.6. The van der Waals surface area contributed by atoms with Gasteiger partial charge in [-0.3, -0.25) is 0 Å². The summed E-state index contributed by atoms with van der Waals surface area (Å²) in [5.74, 6) is 0. The highest BCUT2D eigenvalue weighted by Crippen LogP contribution is 2.40. The van der Waals surface area contributed by atoms with Crippen LogP contribution in [0.5, 0.6) is 0 Å². The number of rotatable bonds is 8. The van der Waals surface area contributed by atoms with Gasteiger partial charge in [0.25, 0.3) is 0 Å². The molecule has 0 aliphatic heterocycles. The molecule has 12 aromatic rings. The van der Waals surface area contributed by atoms with Gasteiger partial charge in [-0.05, 0) is 73.8 Å². The Morgan fingerprint density at radius 1 is 0.254 bits per heavy atom. The van der Waals surface area contributed by atoms with Crippen LogP contribution in [0.2, 0.25) is 0 Å². The Kier molecular flexibility index (Phi) is 8.87. The lowest BCUT2D eigenvalue weighted by molar-refractivity contribution is 1.15. The van der Waals surface area contributed by atoms with Crippen LogP contribution in [0, 0.1) is 0 Å². The highest BCUT2D eigenvalue weighted by molar-refractivity contribution is 7.20. The second kappa shape index (κ2) is 15.2. The largest absolute Gasteiger partial charge is 0.309 e. The number of benzene rings is 10.